The largest absolute Gasteiger partial charge is 0.436 e. The topological polar surface area (TPSA) is 130 Å². The van der Waals surface area contributed by atoms with Crippen LogP contribution in [-0.4, -0.2) is 35.3 Å². The molecule has 0 unspecified atom stereocenters. The number of hydrogen-bond donors (Lipinski definition) is 1. The number of aldehydes is 3. The van der Waals surface area contributed by atoms with Crippen molar-refractivity contribution in [2.75, 3.05) is 0 Å². The minimum atomic E-state index is -0.397. The highest BCUT2D eigenvalue weighted by Crippen LogP contribution is 2.53. The normalized spacial score (nSPS) is 26.5. The van der Waals surface area contributed by atoms with Crippen LogP contribution in [-0.2, 0) is 14.4 Å². The predicted octanol–water partition coefficient (Wildman–Crippen LogP) is 9.14. The van der Waals surface area contributed by atoms with E-state index in [1.165, 1.54) is 0 Å². The molecule has 0 radical (unpaired) electrons. The number of carbonyl (C=O) groups is 4. The van der Waals surface area contributed by atoms with Crippen molar-refractivity contribution in [1.29, 1.82) is 5.26 Å². The second-order valence-corrected chi connectivity index (χ2v) is 16.0. The van der Waals surface area contributed by atoms with Crippen LogP contribution in [0.3, 0.4) is 0 Å². The Morgan fingerprint density at radius 1 is 0.804 bits per heavy atom. The van der Waals surface area contributed by atoms with Gasteiger partial charge in [-0.2, -0.15) is 5.26 Å². The molecule has 0 saturated heterocycles. The van der Waals surface area contributed by atoms with E-state index in [1.807, 2.05) is 30.3 Å². The van der Waals surface area contributed by atoms with Crippen LogP contribution in [0.2, 0.25) is 0 Å². The van der Waals surface area contributed by atoms with E-state index >= 15 is 0 Å². The third kappa shape index (κ3) is 7.88. The van der Waals surface area contributed by atoms with Gasteiger partial charge < -0.3 is 24.1 Å². The molecule has 3 saturated carbocycles. The summed E-state index contributed by atoms with van der Waals surface area (Å²) in [6, 6.07) is 13.3. The monoisotopic (exact) mass is 691 g/mol. The van der Waals surface area contributed by atoms with Gasteiger partial charge in [0.15, 0.2) is 5.58 Å². The molecule has 8 nitrogen and oxygen atoms in total. The highest BCUT2D eigenvalue weighted by atomic mass is 16.3. The Morgan fingerprint density at radius 3 is 1.69 bits per heavy atom. The van der Waals surface area contributed by atoms with E-state index in [0.29, 0.717) is 82.9 Å². The first-order valence-electron chi connectivity index (χ1n) is 19.4. The third-order valence-electron chi connectivity index (χ3n) is 12.8. The van der Waals surface area contributed by atoms with Gasteiger partial charge in [0.05, 0.1) is 11.6 Å². The van der Waals surface area contributed by atoms with Gasteiger partial charge in [-0.05, 0) is 155 Å². The molecule has 0 bridgehead atoms. The first-order valence-corrected chi connectivity index (χ1v) is 19.4. The molecule has 8 heteroatoms. The van der Waals surface area contributed by atoms with E-state index in [0.717, 1.165) is 107 Å². The van der Waals surface area contributed by atoms with Crippen LogP contribution in [0.5, 0.6) is 0 Å². The molecule has 0 aliphatic heterocycles. The summed E-state index contributed by atoms with van der Waals surface area (Å²) in [4.78, 5) is 53.5. The molecule has 1 N–H and O–H groups in total. The summed E-state index contributed by atoms with van der Waals surface area (Å²) < 4.78 is 6.26. The van der Waals surface area contributed by atoms with Crippen molar-refractivity contribution >= 4 is 35.9 Å². The van der Waals surface area contributed by atoms with Gasteiger partial charge in [-0.15, -0.1) is 0 Å². The number of nitriles is 1. The summed E-state index contributed by atoms with van der Waals surface area (Å²) in [5.41, 5.74) is 3.77. The molecule has 51 heavy (non-hydrogen) atoms. The van der Waals surface area contributed by atoms with E-state index in [2.05, 4.69) is 25.2 Å². The van der Waals surface area contributed by atoms with Gasteiger partial charge in [-0.1, -0.05) is 13.8 Å². The van der Waals surface area contributed by atoms with Crippen molar-refractivity contribution in [3.05, 3.63) is 53.1 Å². The molecule has 1 heterocycles. The summed E-state index contributed by atoms with van der Waals surface area (Å²) in [5.74, 6) is 2.66. The van der Waals surface area contributed by atoms with Gasteiger partial charge in [0.1, 0.15) is 24.4 Å². The van der Waals surface area contributed by atoms with Crippen molar-refractivity contribution < 1.29 is 23.6 Å². The second kappa shape index (κ2) is 16.5. The van der Waals surface area contributed by atoms with Crippen molar-refractivity contribution in [2.45, 2.75) is 122 Å². The van der Waals surface area contributed by atoms with E-state index in [1.54, 1.807) is 6.07 Å². The quantitative estimate of drug-likeness (QED) is 0.177. The molecular formula is C43H53N3O5. The molecule has 3 aliphatic carbocycles. The van der Waals surface area contributed by atoms with Crippen molar-refractivity contribution in [1.82, 2.24) is 10.3 Å². The zero-order chi connectivity index (χ0) is 36.0. The Morgan fingerprint density at radius 2 is 1.27 bits per heavy atom. The fourth-order valence-electron chi connectivity index (χ4n) is 10.1. The lowest BCUT2D eigenvalue weighted by atomic mass is 9.54. The van der Waals surface area contributed by atoms with Crippen molar-refractivity contribution in [2.24, 2.45) is 35.5 Å². The molecule has 0 atom stereocenters. The Balaban J connectivity index is 1.31. The molecule has 1 aromatic heterocycles. The SMILES string of the molecule is CC(C)c1cc(C#N)cc2nc(-c3ccc(C(=O)NC(C4CCC(CC=O)CC4)(C4CCC(CC=O)CC4)C4CCC(CC=O)CC4)cc3)oc12. The zero-order valence-electron chi connectivity index (χ0n) is 30.3. The van der Waals surface area contributed by atoms with Crippen LogP contribution in [0.1, 0.15) is 138 Å². The van der Waals surface area contributed by atoms with Crippen molar-refractivity contribution in [3.63, 3.8) is 0 Å². The zero-order valence-corrected chi connectivity index (χ0v) is 30.3. The Bertz CT molecular complexity index is 1640. The van der Waals surface area contributed by atoms with Crippen LogP contribution in [0.15, 0.2) is 40.8 Å². The van der Waals surface area contributed by atoms with Gasteiger partial charge in [0, 0.05) is 41.5 Å². The summed E-state index contributed by atoms with van der Waals surface area (Å²) >= 11 is 0. The average Bonchev–Trinajstić information content (AvgIpc) is 3.59. The first kappa shape index (κ1) is 36.7. The number of carbonyl (C=O) groups excluding carboxylic acids is 4. The van der Waals surface area contributed by atoms with E-state index < -0.39 is 5.54 Å². The molecule has 6 rings (SSSR count). The summed E-state index contributed by atoms with van der Waals surface area (Å²) in [5, 5.41) is 13.3. The number of nitrogens with one attached hydrogen (secondary N) is 1. The maximum atomic E-state index is 14.5. The van der Waals surface area contributed by atoms with E-state index in [9.17, 15) is 24.4 Å². The molecule has 270 valence electrons. The summed E-state index contributed by atoms with van der Waals surface area (Å²) in [6.45, 7) is 4.13. The number of nitrogens with zero attached hydrogens (tertiary/aromatic N) is 2. The Hall–Kier alpha value is -4.12. The van der Waals surface area contributed by atoms with Crippen LogP contribution < -0.4 is 5.32 Å². The molecule has 3 aliphatic rings. The number of aromatic nitrogens is 1. The molecular weight excluding hydrogens is 638 g/mol. The average molecular weight is 692 g/mol. The van der Waals surface area contributed by atoms with E-state index in [4.69, 9.17) is 9.40 Å². The minimum Gasteiger partial charge on any atom is -0.436 e. The predicted molar refractivity (Wildman–Crippen MR) is 197 cm³/mol. The molecule has 2 aromatic carbocycles. The number of amides is 1. The maximum absolute atomic E-state index is 14.5. The van der Waals surface area contributed by atoms with Crippen LogP contribution >= 0.6 is 0 Å². The van der Waals surface area contributed by atoms with Gasteiger partial charge in [0.25, 0.3) is 5.91 Å². The number of rotatable bonds is 13. The standard InChI is InChI=1S/C43H53N3O5/c1-28(2)38-25-32(27-44)26-39-40(38)51-42(45-39)34-11-9-33(10-12-34)41(50)46-43(35-13-3-29(4-14-35)19-22-47,36-15-5-30(6-16-36)20-23-48)37-17-7-31(8-18-37)21-24-49/h9-12,22-26,28-31,35-37H,3-8,13-21H2,1-2H3,(H,46,50). The van der Waals surface area contributed by atoms with Gasteiger partial charge in [0.2, 0.25) is 5.89 Å². The van der Waals surface area contributed by atoms with Gasteiger partial charge in [-0.25, -0.2) is 4.98 Å². The highest BCUT2D eigenvalue weighted by Gasteiger charge is 2.53. The Kier molecular flexibility index (Phi) is 11.8. The minimum absolute atomic E-state index is 0.0695. The lowest BCUT2D eigenvalue weighted by molar-refractivity contribution is -0.109. The lowest BCUT2D eigenvalue weighted by Crippen LogP contribution is -2.64. The maximum Gasteiger partial charge on any atom is 0.251 e. The highest BCUT2D eigenvalue weighted by molar-refractivity contribution is 5.95. The molecule has 3 fully saturated rings. The van der Waals surface area contributed by atoms with Gasteiger partial charge >= 0.3 is 0 Å². The van der Waals surface area contributed by atoms with Crippen LogP contribution in [0.4, 0.5) is 0 Å². The fraction of sp³-hybridized carbons (Fsp3) is 0.581. The Labute approximate surface area is 302 Å². The van der Waals surface area contributed by atoms with Gasteiger partial charge in [-0.3, -0.25) is 4.79 Å². The number of benzene rings is 2. The number of fused-ring (bicyclic) bond motifs is 1. The third-order valence-corrected chi connectivity index (χ3v) is 12.8. The molecule has 3 aromatic rings. The molecule has 0 spiro atoms. The summed E-state index contributed by atoms with van der Waals surface area (Å²) in [7, 11) is 0. The van der Waals surface area contributed by atoms with Crippen molar-refractivity contribution in [3.8, 4) is 17.5 Å². The van der Waals surface area contributed by atoms with E-state index in [-0.39, 0.29) is 11.8 Å². The second-order valence-electron chi connectivity index (χ2n) is 16.0. The summed E-state index contributed by atoms with van der Waals surface area (Å²) in [6.07, 6.45) is 16.9. The smallest absolute Gasteiger partial charge is 0.251 e. The lowest BCUT2D eigenvalue weighted by Gasteiger charge is -2.56. The fourth-order valence-corrected chi connectivity index (χ4v) is 10.1. The van der Waals surface area contributed by atoms with Crippen LogP contribution in [0.25, 0.3) is 22.6 Å². The number of oxazole rings is 1. The molecule has 1 amide bonds. The van der Waals surface area contributed by atoms with Crippen LogP contribution in [0, 0.1) is 46.8 Å². The number of hydrogen-bond acceptors (Lipinski definition) is 7. The first-order chi connectivity index (χ1) is 24.8.